The maximum Gasteiger partial charge on any atom is 0.110 e. The second-order valence-electron chi connectivity index (χ2n) is 5.09. The van der Waals surface area contributed by atoms with Crippen LogP contribution >= 0.6 is 0 Å². The molecule has 0 atom stereocenters. The maximum atomic E-state index is 4.49. The van der Waals surface area contributed by atoms with Gasteiger partial charge in [0.2, 0.25) is 0 Å². The normalized spacial score (nSPS) is 14.2. The van der Waals surface area contributed by atoms with Gasteiger partial charge in [-0.1, -0.05) is 60.2 Å². The van der Waals surface area contributed by atoms with Crippen LogP contribution in [0.3, 0.4) is 0 Å². The number of imidazole rings is 1. The van der Waals surface area contributed by atoms with Gasteiger partial charge in [-0.25, -0.2) is 4.98 Å². The van der Waals surface area contributed by atoms with Crippen molar-refractivity contribution in [1.29, 1.82) is 0 Å². The van der Waals surface area contributed by atoms with Crippen LogP contribution in [0.15, 0.2) is 60.8 Å². The molecule has 1 heterocycles. The van der Waals surface area contributed by atoms with E-state index in [1.165, 1.54) is 16.7 Å². The molecule has 20 heavy (non-hydrogen) atoms. The van der Waals surface area contributed by atoms with Crippen LogP contribution in [0.2, 0.25) is 0 Å². The summed E-state index contributed by atoms with van der Waals surface area (Å²) in [7, 11) is 0. The molecule has 2 nitrogen and oxygen atoms in total. The first-order valence-electron chi connectivity index (χ1n) is 6.94. The van der Waals surface area contributed by atoms with Crippen molar-refractivity contribution < 1.29 is 0 Å². The molecular formula is C18H18N2. The standard InChI is InChI=1S/C18H18N2/c1-14-8-10-15(11-9-14)12-18-19-13-17(20-18)16-6-4-2-3-5-7-16/h2-4,6-11,13H,5,12H2,1H3,(H,19,20). The molecule has 0 amide bonds. The molecule has 0 unspecified atom stereocenters. The molecule has 1 aliphatic carbocycles. The zero-order valence-electron chi connectivity index (χ0n) is 11.6. The SMILES string of the molecule is Cc1ccc(Cc2ncc(C3=CCC=CC=C3)[nH]2)cc1. The van der Waals surface area contributed by atoms with Crippen molar-refractivity contribution in [1.82, 2.24) is 9.97 Å². The van der Waals surface area contributed by atoms with Gasteiger partial charge in [-0.05, 0) is 24.5 Å². The molecule has 100 valence electrons. The number of aromatic amines is 1. The average molecular weight is 262 g/mol. The van der Waals surface area contributed by atoms with Crippen LogP contribution in [-0.2, 0) is 6.42 Å². The van der Waals surface area contributed by atoms with Gasteiger partial charge in [-0.3, -0.25) is 0 Å². The van der Waals surface area contributed by atoms with Gasteiger partial charge in [0.15, 0.2) is 0 Å². The highest BCUT2D eigenvalue weighted by Gasteiger charge is 2.05. The summed E-state index contributed by atoms with van der Waals surface area (Å²) in [5.41, 5.74) is 4.86. The van der Waals surface area contributed by atoms with Crippen LogP contribution in [0, 0.1) is 6.92 Å². The van der Waals surface area contributed by atoms with Crippen LogP contribution in [0.4, 0.5) is 0 Å². The molecule has 0 saturated heterocycles. The molecule has 3 rings (SSSR count). The van der Waals surface area contributed by atoms with Crippen molar-refractivity contribution in [3.05, 3.63) is 83.5 Å². The van der Waals surface area contributed by atoms with Crippen LogP contribution in [0.25, 0.3) is 5.57 Å². The molecule has 2 aromatic rings. The Balaban J connectivity index is 1.77. The number of aromatic nitrogens is 2. The van der Waals surface area contributed by atoms with E-state index < -0.39 is 0 Å². The molecule has 0 radical (unpaired) electrons. The van der Waals surface area contributed by atoms with Crippen molar-refractivity contribution in [2.45, 2.75) is 19.8 Å². The number of benzene rings is 1. The zero-order chi connectivity index (χ0) is 13.8. The third-order valence-corrected chi connectivity index (χ3v) is 3.43. The van der Waals surface area contributed by atoms with E-state index in [0.717, 1.165) is 24.4 Å². The van der Waals surface area contributed by atoms with Gasteiger partial charge in [0.05, 0.1) is 11.9 Å². The number of rotatable bonds is 3. The van der Waals surface area contributed by atoms with E-state index in [9.17, 15) is 0 Å². The van der Waals surface area contributed by atoms with Gasteiger partial charge in [-0.15, -0.1) is 0 Å². The maximum absolute atomic E-state index is 4.49. The fourth-order valence-electron chi connectivity index (χ4n) is 2.28. The zero-order valence-corrected chi connectivity index (χ0v) is 11.6. The van der Waals surface area contributed by atoms with E-state index >= 15 is 0 Å². The minimum Gasteiger partial charge on any atom is -0.342 e. The Morgan fingerprint density at radius 2 is 2.00 bits per heavy atom. The van der Waals surface area contributed by atoms with Gasteiger partial charge < -0.3 is 4.98 Å². The highest BCUT2D eigenvalue weighted by molar-refractivity contribution is 5.72. The molecule has 0 saturated carbocycles. The summed E-state index contributed by atoms with van der Waals surface area (Å²) in [6.07, 6.45) is 14.4. The Kier molecular flexibility index (Phi) is 3.64. The summed E-state index contributed by atoms with van der Waals surface area (Å²) in [6, 6.07) is 8.60. The first-order chi connectivity index (χ1) is 9.81. The monoisotopic (exact) mass is 262 g/mol. The Morgan fingerprint density at radius 1 is 1.15 bits per heavy atom. The fourth-order valence-corrected chi connectivity index (χ4v) is 2.28. The van der Waals surface area contributed by atoms with Gasteiger partial charge in [-0.2, -0.15) is 0 Å². The predicted molar refractivity (Wildman–Crippen MR) is 83.4 cm³/mol. The molecule has 0 aliphatic heterocycles. The Bertz CT molecular complexity index is 670. The van der Waals surface area contributed by atoms with Crippen LogP contribution in [0.5, 0.6) is 0 Å². The summed E-state index contributed by atoms with van der Waals surface area (Å²) in [5.74, 6) is 1.01. The molecule has 1 aromatic carbocycles. The van der Waals surface area contributed by atoms with Crippen molar-refractivity contribution in [2.75, 3.05) is 0 Å². The van der Waals surface area contributed by atoms with Gasteiger partial charge in [0.1, 0.15) is 5.82 Å². The fraction of sp³-hybridized carbons (Fsp3) is 0.167. The molecule has 0 bridgehead atoms. The highest BCUT2D eigenvalue weighted by Crippen LogP contribution is 2.18. The van der Waals surface area contributed by atoms with E-state index in [1.54, 1.807) is 0 Å². The largest absolute Gasteiger partial charge is 0.342 e. The van der Waals surface area contributed by atoms with Crippen molar-refractivity contribution in [3.8, 4) is 0 Å². The lowest BCUT2D eigenvalue weighted by atomic mass is 10.1. The summed E-state index contributed by atoms with van der Waals surface area (Å²) < 4.78 is 0. The molecule has 2 heteroatoms. The smallest absolute Gasteiger partial charge is 0.110 e. The number of hydrogen-bond acceptors (Lipinski definition) is 1. The lowest BCUT2D eigenvalue weighted by molar-refractivity contribution is 1.02. The number of nitrogens with zero attached hydrogens (tertiary/aromatic N) is 1. The van der Waals surface area contributed by atoms with Gasteiger partial charge in [0.25, 0.3) is 0 Å². The first kappa shape index (κ1) is 12.7. The van der Waals surface area contributed by atoms with E-state index in [2.05, 4.69) is 71.5 Å². The average Bonchev–Trinajstić information content (AvgIpc) is 2.74. The summed E-state index contributed by atoms with van der Waals surface area (Å²) >= 11 is 0. The van der Waals surface area contributed by atoms with Gasteiger partial charge in [0, 0.05) is 6.42 Å². The van der Waals surface area contributed by atoms with E-state index in [0.29, 0.717) is 0 Å². The summed E-state index contributed by atoms with van der Waals surface area (Å²) in [5, 5.41) is 0. The number of nitrogens with one attached hydrogen (secondary N) is 1. The highest BCUT2D eigenvalue weighted by atomic mass is 14.9. The van der Waals surface area contributed by atoms with Crippen LogP contribution < -0.4 is 0 Å². The minimum atomic E-state index is 0.843. The summed E-state index contributed by atoms with van der Waals surface area (Å²) in [6.45, 7) is 2.10. The lowest BCUT2D eigenvalue weighted by Crippen LogP contribution is -1.91. The molecule has 0 spiro atoms. The second-order valence-corrected chi connectivity index (χ2v) is 5.09. The van der Waals surface area contributed by atoms with Crippen LogP contribution in [0.1, 0.15) is 29.1 Å². The predicted octanol–water partition coefficient (Wildman–Crippen LogP) is 4.21. The minimum absolute atomic E-state index is 0.843. The third kappa shape index (κ3) is 2.97. The van der Waals surface area contributed by atoms with Crippen molar-refractivity contribution in [2.24, 2.45) is 0 Å². The van der Waals surface area contributed by atoms with Gasteiger partial charge >= 0.3 is 0 Å². The Labute approximate surface area is 119 Å². The molecule has 1 aliphatic rings. The topological polar surface area (TPSA) is 28.7 Å². The van der Waals surface area contributed by atoms with E-state index in [-0.39, 0.29) is 0 Å². The lowest BCUT2D eigenvalue weighted by Gasteiger charge is -2.00. The molecule has 0 fully saturated rings. The van der Waals surface area contributed by atoms with Crippen molar-refractivity contribution >= 4 is 5.57 Å². The van der Waals surface area contributed by atoms with E-state index in [4.69, 9.17) is 0 Å². The second kappa shape index (κ2) is 5.74. The molecule has 1 aromatic heterocycles. The molecular weight excluding hydrogens is 244 g/mol. The van der Waals surface area contributed by atoms with Crippen LogP contribution in [-0.4, -0.2) is 9.97 Å². The molecule has 1 N–H and O–H groups in total. The first-order valence-corrected chi connectivity index (χ1v) is 6.94. The summed E-state index contributed by atoms with van der Waals surface area (Å²) in [4.78, 5) is 7.90. The number of hydrogen-bond donors (Lipinski definition) is 1. The number of allylic oxidation sites excluding steroid dienone is 6. The number of aryl methyl sites for hydroxylation is 1. The van der Waals surface area contributed by atoms with Crippen molar-refractivity contribution in [3.63, 3.8) is 0 Å². The third-order valence-electron chi connectivity index (χ3n) is 3.43. The Hall–Kier alpha value is -2.35. The quantitative estimate of drug-likeness (QED) is 0.882. The van der Waals surface area contributed by atoms with E-state index in [1.807, 2.05) is 6.20 Å². The number of H-pyrrole nitrogens is 1. The Morgan fingerprint density at radius 3 is 2.85 bits per heavy atom.